The summed E-state index contributed by atoms with van der Waals surface area (Å²) in [6.45, 7) is 4.46. The first-order valence-corrected chi connectivity index (χ1v) is 6.33. The molecule has 2 aromatic rings. The summed E-state index contributed by atoms with van der Waals surface area (Å²) in [6.07, 6.45) is 0.640. The van der Waals surface area contributed by atoms with Gasteiger partial charge in [-0.3, -0.25) is 0 Å². The zero-order valence-electron chi connectivity index (χ0n) is 11.2. The van der Waals surface area contributed by atoms with E-state index in [1.54, 1.807) is 0 Å². The van der Waals surface area contributed by atoms with Crippen molar-refractivity contribution in [3.8, 4) is 11.5 Å². The molecule has 0 saturated carbocycles. The van der Waals surface area contributed by atoms with Gasteiger partial charge in [0.2, 0.25) is 0 Å². The lowest BCUT2D eigenvalue weighted by Crippen LogP contribution is -2.03. The van der Waals surface area contributed by atoms with Crippen LogP contribution in [-0.2, 0) is 6.42 Å². The minimum atomic E-state index is -0.300. The third kappa shape index (κ3) is 3.55. The van der Waals surface area contributed by atoms with Gasteiger partial charge in [0.05, 0.1) is 0 Å². The van der Waals surface area contributed by atoms with Crippen LogP contribution in [0, 0.1) is 19.7 Å². The lowest BCUT2D eigenvalue weighted by molar-refractivity contribution is 0.472. The number of hydrogen-bond acceptors (Lipinski definition) is 2. The van der Waals surface area contributed by atoms with E-state index < -0.39 is 0 Å². The van der Waals surface area contributed by atoms with Gasteiger partial charge >= 0.3 is 0 Å². The van der Waals surface area contributed by atoms with E-state index in [-0.39, 0.29) is 5.82 Å². The summed E-state index contributed by atoms with van der Waals surface area (Å²) in [6, 6.07) is 10.7. The van der Waals surface area contributed by atoms with Gasteiger partial charge in [-0.05, 0) is 61.7 Å². The molecule has 0 fully saturated rings. The Morgan fingerprint density at radius 1 is 1.11 bits per heavy atom. The number of aryl methyl sites for hydroxylation is 2. The summed E-state index contributed by atoms with van der Waals surface area (Å²) in [5.74, 6) is 0.965. The topological polar surface area (TPSA) is 35.2 Å². The Morgan fingerprint density at radius 3 is 2.63 bits per heavy atom. The highest BCUT2D eigenvalue weighted by molar-refractivity contribution is 5.40. The molecule has 100 valence electrons. The van der Waals surface area contributed by atoms with Crippen molar-refractivity contribution in [2.75, 3.05) is 6.54 Å². The third-order valence-electron chi connectivity index (χ3n) is 2.94. The zero-order chi connectivity index (χ0) is 13.8. The molecular formula is C16H18FNO. The molecule has 0 heterocycles. The fourth-order valence-corrected chi connectivity index (χ4v) is 1.93. The van der Waals surface area contributed by atoms with Crippen LogP contribution in [0.2, 0.25) is 0 Å². The lowest BCUT2D eigenvalue weighted by Gasteiger charge is -2.11. The SMILES string of the molecule is Cc1ccc(C)c(Oc2cc(F)cc(CCN)c2)c1. The van der Waals surface area contributed by atoms with E-state index in [1.807, 2.05) is 38.1 Å². The average Bonchev–Trinajstić information content (AvgIpc) is 2.33. The molecule has 0 atom stereocenters. The van der Waals surface area contributed by atoms with Crippen molar-refractivity contribution in [3.05, 3.63) is 58.9 Å². The first kappa shape index (κ1) is 13.6. The highest BCUT2D eigenvalue weighted by Crippen LogP contribution is 2.27. The summed E-state index contributed by atoms with van der Waals surface area (Å²) in [5, 5.41) is 0. The van der Waals surface area contributed by atoms with Crippen molar-refractivity contribution >= 4 is 0 Å². The van der Waals surface area contributed by atoms with E-state index in [0.29, 0.717) is 18.7 Å². The van der Waals surface area contributed by atoms with Crippen LogP contribution in [-0.4, -0.2) is 6.54 Å². The molecule has 2 nitrogen and oxygen atoms in total. The Morgan fingerprint density at radius 2 is 1.89 bits per heavy atom. The smallest absolute Gasteiger partial charge is 0.130 e. The average molecular weight is 259 g/mol. The van der Waals surface area contributed by atoms with E-state index in [4.69, 9.17) is 10.5 Å². The number of halogens is 1. The van der Waals surface area contributed by atoms with E-state index in [2.05, 4.69) is 0 Å². The standard InChI is InChI=1S/C16H18FNO/c1-11-3-4-12(2)16(7-11)19-15-9-13(5-6-18)8-14(17)10-15/h3-4,7-10H,5-6,18H2,1-2H3. The fourth-order valence-electron chi connectivity index (χ4n) is 1.93. The highest BCUT2D eigenvalue weighted by Gasteiger charge is 2.05. The Labute approximate surface area is 113 Å². The molecule has 0 radical (unpaired) electrons. The fraction of sp³-hybridized carbons (Fsp3) is 0.250. The number of nitrogens with two attached hydrogens (primary N) is 1. The van der Waals surface area contributed by atoms with Gasteiger partial charge < -0.3 is 10.5 Å². The molecule has 0 aromatic heterocycles. The monoisotopic (exact) mass is 259 g/mol. The number of rotatable bonds is 4. The molecule has 2 N–H and O–H groups in total. The molecular weight excluding hydrogens is 241 g/mol. The predicted octanol–water partition coefficient (Wildman–Crippen LogP) is 3.74. The molecule has 0 spiro atoms. The molecule has 2 rings (SSSR count). The van der Waals surface area contributed by atoms with Gasteiger partial charge in [0.25, 0.3) is 0 Å². The molecule has 0 unspecified atom stereocenters. The van der Waals surface area contributed by atoms with E-state index in [9.17, 15) is 4.39 Å². The molecule has 0 aliphatic carbocycles. The Hall–Kier alpha value is -1.87. The van der Waals surface area contributed by atoms with Gasteiger partial charge in [-0.2, -0.15) is 0 Å². The van der Waals surface area contributed by atoms with Crippen molar-refractivity contribution in [3.63, 3.8) is 0 Å². The van der Waals surface area contributed by atoms with Crippen LogP contribution in [0.4, 0.5) is 4.39 Å². The maximum Gasteiger partial charge on any atom is 0.130 e. The van der Waals surface area contributed by atoms with Crippen LogP contribution < -0.4 is 10.5 Å². The Kier molecular flexibility index (Phi) is 4.17. The Balaban J connectivity index is 2.29. The molecule has 0 saturated heterocycles. The molecule has 19 heavy (non-hydrogen) atoms. The van der Waals surface area contributed by atoms with Crippen LogP contribution in [0.15, 0.2) is 36.4 Å². The molecule has 0 amide bonds. The number of ether oxygens (including phenoxy) is 1. The van der Waals surface area contributed by atoms with Crippen molar-refractivity contribution in [2.24, 2.45) is 5.73 Å². The minimum absolute atomic E-state index is 0.300. The van der Waals surface area contributed by atoms with Crippen molar-refractivity contribution < 1.29 is 9.13 Å². The Bertz CT molecular complexity index is 581. The zero-order valence-corrected chi connectivity index (χ0v) is 11.2. The quantitative estimate of drug-likeness (QED) is 0.907. The lowest BCUT2D eigenvalue weighted by atomic mass is 10.1. The van der Waals surface area contributed by atoms with Crippen LogP contribution in [0.1, 0.15) is 16.7 Å². The van der Waals surface area contributed by atoms with Gasteiger partial charge in [0, 0.05) is 6.07 Å². The summed E-state index contributed by atoms with van der Waals surface area (Å²) in [4.78, 5) is 0. The molecule has 2 aromatic carbocycles. The van der Waals surface area contributed by atoms with Gasteiger partial charge in [0.1, 0.15) is 17.3 Å². The van der Waals surface area contributed by atoms with Gasteiger partial charge in [-0.25, -0.2) is 4.39 Å². The first-order valence-electron chi connectivity index (χ1n) is 6.33. The highest BCUT2D eigenvalue weighted by atomic mass is 19.1. The summed E-state index contributed by atoms with van der Waals surface area (Å²) >= 11 is 0. The maximum atomic E-state index is 13.5. The number of hydrogen-bond donors (Lipinski definition) is 1. The van der Waals surface area contributed by atoms with E-state index in [1.165, 1.54) is 12.1 Å². The van der Waals surface area contributed by atoms with E-state index >= 15 is 0 Å². The van der Waals surface area contributed by atoms with Gasteiger partial charge in [-0.15, -0.1) is 0 Å². The van der Waals surface area contributed by atoms with Crippen LogP contribution in [0.5, 0.6) is 11.5 Å². The molecule has 3 heteroatoms. The summed E-state index contributed by atoms with van der Waals surface area (Å²) in [5.41, 5.74) is 8.48. The van der Waals surface area contributed by atoms with Crippen LogP contribution in [0.3, 0.4) is 0 Å². The molecule has 0 bridgehead atoms. The minimum Gasteiger partial charge on any atom is -0.457 e. The van der Waals surface area contributed by atoms with Crippen molar-refractivity contribution in [1.82, 2.24) is 0 Å². The van der Waals surface area contributed by atoms with E-state index in [0.717, 1.165) is 22.4 Å². The normalized spacial score (nSPS) is 10.5. The predicted molar refractivity (Wildman–Crippen MR) is 75.1 cm³/mol. The molecule has 0 aliphatic rings. The van der Waals surface area contributed by atoms with Gasteiger partial charge in [-0.1, -0.05) is 12.1 Å². The largest absolute Gasteiger partial charge is 0.457 e. The molecule has 0 aliphatic heterocycles. The summed E-state index contributed by atoms with van der Waals surface area (Å²) in [7, 11) is 0. The van der Waals surface area contributed by atoms with Crippen LogP contribution >= 0.6 is 0 Å². The summed E-state index contributed by atoms with van der Waals surface area (Å²) < 4.78 is 19.3. The second kappa shape index (κ2) is 5.85. The third-order valence-corrected chi connectivity index (χ3v) is 2.94. The maximum absolute atomic E-state index is 13.5. The van der Waals surface area contributed by atoms with Crippen LogP contribution in [0.25, 0.3) is 0 Å². The second-order valence-corrected chi connectivity index (χ2v) is 4.70. The van der Waals surface area contributed by atoms with Crippen molar-refractivity contribution in [1.29, 1.82) is 0 Å². The first-order chi connectivity index (χ1) is 9.08. The van der Waals surface area contributed by atoms with Crippen molar-refractivity contribution in [2.45, 2.75) is 20.3 Å². The van der Waals surface area contributed by atoms with Gasteiger partial charge in [0.15, 0.2) is 0 Å². The second-order valence-electron chi connectivity index (χ2n) is 4.70. The number of benzene rings is 2.